The van der Waals surface area contributed by atoms with Crippen molar-refractivity contribution >= 4 is 22.8 Å². The number of rotatable bonds is 6. The lowest BCUT2D eigenvalue weighted by molar-refractivity contribution is -0.139. The van der Waals surface area contributed by atoms with Gasteiger partial charge in [-0.15, -0.1) is 0 Å². The number of aryl methyl sites for hydroxylation is 1. The van der Waals surface area contributed by atoms with Crippen molar-refractivity contribution in [3.63, 3.8) is 0 Å². The number of ether oxygens (including phenoxy) is 2. The van der Waals surface area contributed by atoms with Gasteiger partial charge in [0.1, 0.15) is 6.04 Å². The molecule has 2 heterocycles. The van der Waals surface area contributed by atoms with Gasteiger partial charge in [-0.2, -0.15) is 5.10 Å². The predicted octanol–water partition coefficient (Wildman–Crippen LogP) is 1.57. The van der Waals surface area contributed by atoms with Crippen LogP contribution in [-0.2, 0) is 17.8 Å². The molecule has 0 aliphatic carbocycles. The van der Waals surface area contributed by atoms with Crippen LogP contribution in [0.3, 0.4) is 0 Å². The van der Waals surface area contributed by atoms with Crippen molar-refractivity contribution in [2.45, 2.75) is 25.9 Å². The molecule has 0 saturated carbocycles. The van der Waals surface area contributed by atoms with E-state index >= 15 is 0 Å². The second kappa shape index (κ2) is 7.86. The predicted molar refractivity (Wildman–Crippen MR) is 107 cm³/mol. The Bertz CT molecular complexity index is 1190. The van der Waals surface area contributed by atoms with Gasteiger partial charge in [-0.25, -0.2) is 4.79 Å². The molecule has 1 atom stereocenters. The summed E-state index contributed by atoms with van der Waals surface area (Å²) >= 11 is 0. The number of hydrogen-bond donors (Lipinski definition) is 2. The minimum absolute atomic E-state index is 0.0481. The Balaban J connectivity index is 1.70. The molecule has 1 aromatic heterocycles. The maximum absolute atomic E-state index is 13.0. The summed E-state index contributed by atoms with van der Waals surface area (Å²) in [4.78, 5) is 37.4. The monoisotopic (exact) mass is 409 g/mol. The number of hydrogen-bond acceptors (Lipinski definition) is 6. The molecule has 154 valence electrons. The third kappa shape index (κ3) is 3.57. The molecular formula is C21H19N3O6. The molecule has 0 radical (unpaired) electrons. The van der Waals surface area contributed by atoms with Crippen molar-refractivity contribution in [2.75, 3.05) is 6.79 Å². The van der Waals surface area contributed by atoms with E-state index in [1.807, 2.05) is 13.0 Å². The molecule has 1 unspecified atom stereocenters. The third-order valence-corrected chi connectivity index (χ3v) is 4.85. The lowest BCUT2D eigenvalue weighted by atomic mass is 10.1. The van der Waals surface area contributed by atoms with Gasteiger partial charge in [0, 0.05) is 19.0 Å². The van der Waals surface area contributed by atoms with E-state index in [2.05, 4.69) is 10.4 Å². The molecular weight excluding hydrogens is 390 g/mol. The Morgan fingerprint density at radius 1 is 1.20 bits per heavy atom. The van der Waals surface area contributed by atoms with Gasteiger partial charge in [-0.3, -0.25) is 14.3 Å². The number of carbonyl (C=O) groups excluding carboxylic acids is 1. The fraction of sp³-hybridized carbons (Fsp3) is 0.238. The molecule has 0 fully saturated rings. The van der Waals surface area contributed by atoms with Crippen molar-refractivity contribution in [3.05, 3.63) is 63.9 Å². The van der Waals surface area contributed by atoms with Crippen LogP contribution in [0.4, 0.5) is 0 Å². The highest BCUT2D eigenvalue weighted by molar-refractivity contribution is 5.97. The standard InChI is InChI=1S/C21H19N3O6/c1-2-24-15-10-17-16(29-11-30-17)9-13(15)19(25)18(23-24)20(26)22-14(21(27)28)8-12-6-4-3-5-7-12/h3-7,9-10,14H,2,8,11H2,1H3,(H,22,26)(H,27,28). The topological polar surface area (TPSA) is 120 Å². The zero-order valence-corrected chi connectivity index (χ0v) is 16.1. The number of fused-ring (bicyclic) bond motifs is 2. The van der Waals surface area contributed by atoms with E-state index in [0.717, 1.165) is 5.56 Å². The van der Waals surface area contributed by atoms with Gasteiger partial charge in [0.2, 0.25) is 12.2 Å². The van der Waals surface area contributed by atoms with Gasteiger partial charge in [0.15, 0.2) is 17.2 Å². The second-order valence-corrected chi connectivity index (χ2v) is 6.77. The molecule has 1 aliphatic heterocycles. The molecule has 3 aromatic rings. The van der Waals surface area contributed by atoms with Crippen LogP contribution in [0.5, 0.6) is 11.5 Å². The van der Waals surface area contributed by atoms with Crippen molar-refractivity contribution < 1.29 is 24.2 Å². The second-order valence-electron chi connectivity index (χ2n) is 6.77. The van der Waals surface area contributed by atoms with Gasteiger partial charge in [0.05, 0.1) is 10.9 Å². The number of nitrogens with zero attached hydrogens (tertiary/aromatic N) is 2. The summed E-state index contributed by atoms with van der Waals surface area (Å²) in [5.74, 6) is -1.14. The van der Waals surface area contributed by atoms with Gasteiger partial charge < -0.3 is 19.9 Å². The molecule has 1 aliphatic rings. The number of amides is 1. The number of aromatic nitrogens is 2. The molecule has 2 N–H and O–H groups in total. The van der Waals surface area contributed by atoms with Crippen molar-refractivity contribution in [3.8, 4) is 11.5 Å². The van der Waals surface area contributed by atoms with Crippen LogP contribution in [0.2, 0.25) is 0 Å². The Kier molecular flexibility index (Phi) is 5.09. The maximum atomic E-state index is 13.0. The van der Waals surface area contributed by atoms with Gasteiger partial charge in [0.25, 0.3) is 5.91 Å². The molecule has 0 spiro atoms. The maximum Gasteiger partial charge on any atom is 0.326 e. The van der Waals surface area contributed by atoms with E-state index in [0.29, 0.717) is 23.6 Å². The number of carboxylic acid groups (broad SMARTS) is 1. The Morgan fingerprint density at radius 3 is 2.57 bits per heavy atom. The van der Waals surface area contributed by atoms with Crippen molar-refractivity contribution in [1.29, 1.82) is 0 Å². The van der Waals surface area contributed by atoms with Crippen LogP contribution in [0.1, 0.15) is 23.0 Å². The number of benzene rings is 2. The SMILES string of the molecule is CCn1nc(C(=O)NC(Cc2ccccc2)C(=O)O)c(=O)c2cc3c(cc21)OCO3. The summed E-state index contributed by atoms with van der Waals surface area (Å²) in [5.41, 5.74) is 0.273. The fourth-order valence-corrected chi connectivity index (χ4v) is 3.34. The molecule has 2 aromatic carbocycles. The third-order valence-electron chi connectivity index (χ3n) is 4.85. The highest BCUT2D eigenvalue weighted by Crippen LogP contribution is 2.34. The first kappa shape index (κ1) is 19.4. The van der Waals surface area contributed by atoms with Crippen LogP contribution >= 0.6 is 0 Å². The molecule has 9 heteroatoms. The van der Waals surface area contributed by atoms with Crippen molar-refractivity contribution in [1.82, 2.24) is 15.1 Å². The highest BCUT2D eigenvalue weighted by Gasteiger charge is 2.26. The summed E-state index contributed by atoms with van der Waals surface area (Å²) < 4.78 is 12.2. The van der Waals surface area contributed by atoms with E-state index in [-0.39, 0.29) is 24.3 Å². The smallest absolute Gasteiger partial charge is 0.326 e. The van der Waals surface area contributed by atoms with Crippen molar-refractivity contribution in [2.24, 2.45) is 0 Å². The summed E-state index contributed by atoms with van der Waals surface area (Å²) in [6.07, 6.45) is 0.0795. The highest BCUT2D eigenvalue weighted by atomic mass is 16.7. The summed E-state index contributed by atoms with van der Waals surface area (Å²) in [7, 11) is 0. The summed E-state index contributed by atoms with van der Waals surface area (Å²) in [6.45, 7) is 2.26. The zero-order chi connectivity index (χ0) is 21.3. The molecule has 9 nitrogen and oxygen atoms in total. The van der Waals surface area contributed by atoms with E-state index in [1.165, 1.54) is 10.7 Å². The van der Waals surface area contributed by atoms with Gasteiger partial charge >= 0.3 is 5.97 Å². The zero-order valence-electron chi connectivity index (χ0n) is 16.1. The van der Waals surface area contributed by atoms with E-state index in [9.17, 15) is 19.5 Å². The van der Waals surface area contributed by atoms with Gasteiger partial charge in [-0.05, 0) is 18.6 Å². The number of carboxylic acids is 1. The van der Waals surface area contributed by atoms with E-state index in [1.54, 1.807) is 30.3 Å². The van der Waals surface area contributed by atoms with E-state index in [4.69, 9.17) is 9.47 Å². The van der Waals surface area contributed by atoms with Crippen LogP contribution in [0, 0.1) is 0 Å². The Morgan fingerprint density at radius 2 is 1.90 bits per heavy atom. The fourth-order valence-electron chi connectivity index (χ4n) is 3.34. The normalized spacial score (nSPS) is 13.2. The summed E-state index contributed by atoms with van der Waals surface area (Å²) in [5, 5.41) is 16.4. The molecule has 4 rings (SSSR count). The molecule has 0 bridgehead atoms. The molecule has 1 amide bonds. The Hall–Kier alpha value is -3.88. The number of nitrogens with one attached hydrogen (secondary N) is 1. The largest absolute Gasteiger partial charge is 0.480 e. The lowest BCUT2D eigenvalue weighted by Gasteiger charge is -2.15. The summed E-state index contributed by atoms with van der Waals surface area (Å²) in [6, 6.07) is 10.9. The van der Waals surface area contributed by atoms with Gasteiger partial charge in [-0.1, -0.05) is 30.3 Å². The van der Waals surface area contributed by atoms with Crippen LogP contribution in [-0.4, -0.2) is 39.6 Å². The number of aliphatic carboxylic acids is 1. The van der Waals surface area contributed by atoms with E-state index < -0.39 is 23.3 Å². The van der Waals surface area contributed by atoms with Crippen LogP contribution in [0.25, 0.3) is 10.9 Å². The minimum atomic E-state index is -1.20. The average Bonchev–Trinajstić information content (AvgIpc) is 3.20. The lowest BCUT2D eigenvalue weighted by Crippen LogP contribution is -2.44. The number of carbonyl (C=O) groups is 2. The first-order valence-corrected chi connectivity index (χ1v) is 9.40. The van der Waals surface area contributed by atoms with Crippen LogP contribution < -0.4 is 20.2 Å². The molecule has 30 heavy (non-hydrogen) atoms. The Labute approximate surface area is 170 Å². The quantitative estimate of drug-likeness (QED) is 0.634. The average molecular weight is 409 g/mol. The van der Waals surface area contributed by atoms with Crippen LogP contribution in [0.15, 0.2) is 47.3 Å². The first-order valence-electron chi connectivity index (χ1n) is 9.40. The molecule has 0 saturated heterocycles. The minimum Gasteiger partial charge on any atom is -0.480 e. The first-order chi connectivity index (χ1) is 14.5.